The van der Waals surface area contributed by atoms with E-state index in [0.717, 1.165) is 0 Å². The summed E-state index contributed by atoms with van der Waals surface area (Å²) in [7, 11) is -3.80. The molecule has 0 atom stereocenters. The van der Waals surface area contributed by atoms with E-state index in [1.165, 1.54) is 24.4 Å². The Hall–Kier alpha value is -1.77. The standard InChI is InChI=1S/C12H10BrN3O3S/c13-11-6-8(4-5-15-11)12(17)16-9-2-1-3-10(7-9)20(14,18)19/h1-7H,(H,16,17)(H2,14,18,19). The molecule has 8 heteroatoms. The molecule has 0 radical (unpaired) electrons. The molecular weight excluding hydrogens is 346 g/mol. The minimum atomic E-state index is -3.80. The van der Waals surface area contributed by atoms with E-state index in [1.54, 1.807) is 18.2 Å². The molecule has 1 heterocycles. The quantitative estimate of drug-likeness (QED) is 0.818. The number of pyridine rings is 1. The summed E-state index contributed by atoms with van der Waals surface area (Å²) in [5, 5.41) is 7.62. The van der Waals surface area contributed by atoms with E-state index in [-0.39, 0.29) is 10.8 Å². The number of nitrogens with one attached hydrogen (secondary N) is 1. The highest BCUT2D eigenvalue weighted by Crippen LogP contribution is 2.16. The monoisotopic (exact) mass is 355 g/mol. The minimum Gasteiger partial charge on any atom is -0.322 e. The summed E-state index contributed by atoms with van der Waals surface area (Å²) in [6.07, 6.45) is 1.49. The number of carbonyl (C=O) groups excluding carboxylic acids is 1. The zero-order valence-electron chi connectivity index (χ0n) is 10.1. The molecule has 0 fully saturated rings. The van der Waals surface area contributed by atoms with E-state index < -0.39 is 10.0 Å². The van der Waals surface area contributed by atoms with Gasteiger partial charge in [0.05, 0.1) is 4.90 Å². The summed E-state index contributed by atoms with van der Waals surface area (Å²) in [6, 6.07) is 8.82. The van der Waals surface area contributed by atoms with Crippen LogP contribution in [0.2, 0.25) is 0 Å². The van der Waals surface area contributed by atoms with Crippen molar-refractivity contribution in [1.29, 1.82) is 0 Å². The van der Waals surface area contributed by atoms with Gasteiger partial charge in [-0.25, -0.2) is 18.5 Å². The van der Waals surface area contributed by atoms with Crippen LogP contribution in [0, 0.1) is 0 Å². The zero-order chi connectivity index (χ0) is 14.8. The number of sulfonamides is 1. The van der Waals surface area contributed by atoms with Gasteiger partial charge in [-0.3, -0.25) is 4.79 Å². The van der Waals surface area contributed by atoms with Crippen molar-refractivity contribution in [2.45, 2.75) is 4.90 Å². The Morgan fingerprint density at radius 1 is 1.25 bits per heavy atom. The maximum absolute atomic E-state index is 12.0. The highest BCUT2D eigenvalue weighted by Gasteiger charge is 2.10. The lowest BCUT2D eigenvalue weighted by Gasteiger charge is -2.06. The number of benzene rings is 1. The highest BCUT2D eigenvalue weighted by atomic mass is 79.9. The van der Waals surface area contributed by atoms with Crippen molar-refractivity contribution >= 4 is 37.5 Å². The molecule has 20 heavy (non-hydrogen) atoms. The summed E-state index contributed by atoms with van der Waals surface area (Å²) in [5.41, 5.74) is 0.738. The first kappa shape index (κ1) is 14.6. The number of aromatic nitrogens is 1. The van der Waals surface area contributed by atoms with Crippen LogP contribution in [0.15, 0.2) is 52.1 Å². The van der Waals surface area contributed by atoms with E-state index in [1.807, 2.05) is 0 Å². The molecule has 0 spiro atoms. The molecule has 0 unspecified atom stereocenters. The zero-order valence-corrected chi connectivity index (χ0v) is 12.5. The van der Waals surface area contributed by atoms with Crippen molar-refractivity contribution in [3.05, 3.63) is 52.8 Å². The summed E-state index contributed by atoms with van der Waals surface area (Å²) >= 11 is 3.17. The topological polar surface area (TPSA) is 102 Å². The normalized spacial score (nSPS) is 11.1. The van der Waals surface area contributed by atoms with Crippen LogP contribution in [0.25, 0.3) is 0 Å². The van der Waals surface area contributed by atoms with Crippen LogP contribution in [0.5, 0.6) is 0 Å². The number of primary sulfonamides is 1. The van der Waals surface area contributed by atoms with Gasteiger partial charge in [0, 0.05) is 17.4 Å². The molecule has 1 amide bonds. The molecular formula is C12H10BrN3O3S. The van der Waals surface area contributed by atoms with Gasteiger partial charge in [0.2, 0.25) is 10.0 Å². The SMILES string of the molecule is NS(=O)(=O)c1cccc(NC(=O)c2ccnc(Br)c2)c1. The highest BCUT2D eigenvalue weighted by molar-refractivity contribution is 9.10. The smallest absolute Gasteiger partial charge is 0.255 e. The van der Waals surface area contributed by atoms with Crippen molar-refractivity contribution in [3.63, 3.8) is 0 Å². The molecule has 2 rings (SSSR count). The molecule has 3 N–H and O–H groups in total. The van der Waals surface area contributed by atoms with Crippen molar-refractivity contribution in [3.8, 4) is 0 Å². The number of amides is 1. The van der Waals surface area contributed by atoms with Gasteiger partial charge in [0.15, 0.2) is 0 Å². The average molecular weight is 356 g/mol. The first-order chi connectivity index (χ1) is 9.36. The molecule has 0 saturated heterocycles. The lowest BCUT2D eigenvalue weighted by Crippen LogP contribution is -2.14. The molecule has 0 aliphatic carbocycles. The third-order valence-corrected chi connectivity index (χ3v) is 3.75. The molecule has 6 nitrogen and oxygen atoms in total. The van der Waals surface area contributed by atoms with E-state index in [4.69, 9.17) is 5.14 Å². The Balaban J connectivity index is 2.25. The van der Waals surface area contributed by atoms with E-state index in [0.29, 0.717) is 15.9 Å². The molecule has 0 bridgehead atoms. The van der Waals surface area contributed by atoms with Crippen LogP contribution in [0.4, 0.5) is 5.69 Å². The second-order valence-corrected chi connectivity index (χ2v) is 6.27. The van der Waals surface area contributed by atoms with Crippen LogP contribution in [-0.2, 0) is 10.0 Å². The Bertz CT molecular complexity index is 762. The van der Waals surface area contributed by atoms with E-state index in [9.17, 15) is 13.2 Å². The fourth-order valence-corrected chi connectivity index (χ4v) is 2.42. The number of hydrogen-bond donors (Lipinski definition) is 2. The number of carbonyl (C=O) groups is 1. The number of rotatable bonds is 3. The van der Waals surface area contributed by atoms with Gasteiger partial charge in [-0.05, 0) is 46.3 Å². The molecule has 0 aliphatic rings. The first-order valence-corrected chi connectivity index (χ1v) is 7.76. The number of hydrogen-bond acceptors (Lipinski definition) is 4. The Labute approximate surface area is 124 Å². The third kappa shape index (κ3) is 3.62. The van der Waals surface area contributed by atoms with E-state index >= 15 is 0 Å². The molecule has 0 saturated carbocycles. The fourth-order valence-electron chi connectivity index (χ4n) is 1.50. The van der Waals surface area contributed by atoms with Crippen LogP contribution in [0.3, 0.4) is 0 Å². The molecule has 1 aromatic carbocycles. The van der Waals surface area contributed by atoms with Crippen molar-refractivity contribution in [2.75, 3.05) is 5.32 Å². The number of anilines is 1. The van der Waals surface area contributed by atoms with Crippen LogP contribution >= 0.6 is 15.9 Å². The van der Waals surface area contributed by atoms with Gasteiger partial charge < -0.3 is 5.32 Å². The maximum Gasteiger partial charge on any atom is 0.255 e. The predicted molar refractivity (Wildman–Crippen MR) is 77.7 cm³/mol. The molecule has 104 valence electrons. The maximum atomic E-state index is 12.0. The van der Waals surface area contributed by atoms with Crippen molar-refractivity contribution < 1.29 is 13.2 Å². The third-order valence-electron chi connectivity index (χ3n) is 2.41. The van der Waals surface area contributed by atoms with Gasteiger partial charge in [-0.1, -0.05) is 6.07 Å². The van der Waals surface area contributed by atoms with Gasteiger partial charge in [-0.15, -0.1) is 0 Å². The largest absolute Gasteiger partial charge is 0.322 e. The molecule has 1 aromatic heterocycles. The fraction of sp³-hybridized carbons (Fsp3) is 0. The van der Waals surface area contributed by atoms with Crippen LogP contribution < -0.4 is 10.5 Å². The lowest BCUT2D eigenvalue weighted by molar-refractivity contribution is 0.102. The summed E-state index contributed by atoms with van der Waals surface area (Å²) in [4.78, 5) is 15.8. The van der Waals surface area contributed by atoms with Gasteiger partial charge >= 0.3 is 0 Å². The summed E-state index contributed by atoms with van der Waals surface area (Å²) in [5.74, 6) is -0.375. The molecule has 2 aromatic rings. The first-order valence-electron chi connectivity index (χ1n) is 5.42. The second-order valence-electron chi connectivity index (χ2n) is 3.89. The van der Waals surface area contributed by atoms with E-state index in [2.05, 4.69) is 26.2 Å². The second kappa shape index (κ2) is 5.70. The Kier molecular flexibility index (Phi) is 4.17. The molecule has 0 aliphatic heterocycles. The number of nitrogens with two attached hydrogens (primary N) is 1. The van der Waals surface area contributed by atoms with Gasteiger partial charge in [0.1, 0.15) is 4.60 Å². The summed E-state index contributed by atoms with van der Waals surface area (Å²) in [6.45, 7) is 0. The Morgan fingerprint density at radius 3 is 2.65 bits per heavy atom. The number of nitrogens with zero attached hydrogens (tertiary/aromatic N) is 1. The minimum absolute atomic E-state index is 0.0637. The lowest BCUT2D eigenvalue weighted by atomic mass is 10.2. The average Bonchev–Trinajstić information content (AvgIpc) is 2.38. The van der Waals surface area contributed by atoms with Crippen molar-refractivity contribution in [2.24, 2.45) is 5.14 Å². The predicted octanol–water partition coefficient (Wildman–Crippen LogP) is 1.74. The number of halogens is 1. The Morgan fingerprint density at radius 2 is 2.00 bits per heavy atom. The summed E-state index contributed by atoms with van der Waals surface area (Å²) < 4.78 is 23.0. The van der Waals surface area contributed by atoms with Crippen LogP contribution in [-0.4, -0.2) is 19.3 Å². The van der Waals surface area contributed by atoms with Gasteiger partial charge in [0.25, 0.3) is 5.91 Å². The van der Waals surface area contributed by atoms with Crippen LogP contribution in [0.1, 0.15) is 10.4 Å². The van der Waals surface area contributed by atoms with Crippen molar-refractivity contribution in [1.82, 2.24) is 4.98 Å². The van der Waals surface area contributed by atoms with Gasteiger partial charge in [-0.2, -0.15) is 0 Å².